The highest BCUT2D eigenvalue weighted by atomic mass is 15.1. The van der Waals surface area contributed by atoms with Gasteiger partial charge in [-0.3, -0.25) is 4.90 Å². The van der Waals surface area contributed by atoms with Crippen molar-refractivity contribution in [2.75, 3.05) is 6.54 Å². The van der Waals surface area contributed by atoms with Gasteiger partial charge in [0.15, 0.2) is 0 Å². The van der Waals surface area contributed by atoms with E-state index in [2.05, 4.69) is 84.2 Å². The molecule has 0 amide bonds. The second kappa shape index (κ2) is 7.98. The second-order valence-corrected chi connectivity index (χ2v) is 6.45. The largest absolute Gasteiger partial charge is 0.361 e. The molecule has 0 fully saturated rings. The smallest absolute Gasteiger partial charge is 0.0456 e. The Bertz CT molecular complexity index is 773. The van der Waals surface area contributed by atoms with Gasteiger partial charge >= 0.3 is 0 Å². The van der Waals surface area contributed by atoms with Crippen molar-refractivity contribution in [3.8, 4) is 0 Å². The first-order valence-electron chi connectivity index (χ1n) is 8.72. The van der Waals surface area contributed by atoms with E-state index in [9.17, 15) is 0 Å². The number of fused-ring (bicyclic) bond motifs is 1. The molecule has 24 heavy (non-hydrogen) atoms. The number of aromatic nitrogens is 1. The molecule has 0 aliphatic heterocycles. The number of hydrogen-bond donors (Lipinski definition) is 1. The normalized spacial score (nSPS) is 12.6. The molecule has 2 heteroatoms. The lowest BCUT2D eigenvalue weighted by molar-refractivity contribution is 0.202. The fourth-order valence-electron chi connectivity index (χ4n) is 3.28. The summed E-state index contributed by atoms with van der Waals surface area (Å²) >= 11 is 0. The van der Waals surface area contributed by atoms with Gasteiger partial charge in [-0.15, -0.1) is 6.58 Å². The quantitative estimate of drug-likeness (QED) is 0.567. The molecule has 3 rings (SSSR count). The zero-order chi connectivity index (χ0) is 16.8. The van der Waals surface area contributed by atoms with E-state index >= 15 is 0 Å². The van der Waals surface area contributed by atoms with Crippen molar-refractivity contribution in [2.45, 2.75) is 32.4 Å². The zero-order valence-electron chi connectivity index (χ0n) is 14.4. The molecule has 0 saturated heterocycles. The summed E-state index contributed by atoms with van der Waals surface area (Å²) in [7, 11) is 0. The maximum absolute atomic E-state index is 3.88. The highest BCUT2D eigenvalue weighted by molar-refractivity contribution is 5.83. The van der Waals surface area contributed by atoms with Crippen LogP contribution in [0.15, 0.2) is 73.4 Å². The van der Waals surface area contributed by atoms with Gasteiger partial charge in [0.05, 0.1) is 0 Å². The Hall–Kier alpha value is -2.32. The SMILES string of the molecule is C=CCCN(Cc1ccccc1)[C@H](C)Cc1c[nH]c2ccccc12. The van der Waals surface area contributed by atoms with E-state index in [0.29, 0.717) is 6.04 Å². The third-order valence-corrected chi connectivity index (χ3v) is 4.66. The minimum atomic E-state index is 0.476. The third kappa shape index (κ3) is 3.95. The summed E-state index contributed by atoms with van der Waals surface area (Å²) in [5.74, 6) is 0. The molecule has 124 valence electrons. The van der Waals surface area contributed by atoms with Crippen LogP contribution >= 0.6 is 0 Å². The van der Waals surface area contributed by atoms with Crippen molar-refractivity contribution in [2.24, 2.45) is 0 Å². The van der Waals surface area contributed by atoms with Crippen LogP contribution in [0, 0.1) is 0 Å². The molecule has 0 spiro atoms. The molecule has 1 N–H and O–H groups in total. The fraction of sp³-hybridized carbons (Fsp3) is 0.273. The minimum absolute atomic E-state index is 0.476. The maximum Gasteiger partial charge on any atom is 0.0456 e. The average molecular weight is 318 g/mol. The molecular weight excluding hydrogens is 292 g/mol. The molecule has 0 aliphatic rings. The van der Waals surface area contributed by atoms with Crippen LogP contribution in [0.2, 0.25) is 0 Å². The lowest BCUT2D eigenvalue weighted by Gasteiger charge is -2.29. The van der Waals surface area contributed by atoms with E-state index in [4.69, 9.17) is 0 Å². The fourth-order valence-corrected chi connectivity index (χ4v) is 3.28. The first-order chi connectivity index (χ1) is 11.8. The van der Waals surface area contributed by atoms with E-state index in [1.165, 1.54) is 22.0 Å². The maximum atomic E-state index is 3.88. The molecule has 1 aromatic heterocycles. The summed E-state index contributed by atoms with van der Waals surface area (Å²) in [6, 6.07) is 19.7. The van der Waals surface area contributed by atoms with Crippen molar-refractivity contribution in [1.29, 1.82) is 0 Å². The lowest BCUT2D eigenvalue weighted by atomic mass is 10.0. The molecule has 3 aromatic rings. The predicted octanol–water partition coefficient (Wildman–Crippen LogP) is 5.18. The van der Waals surface area contributed by atoms with Crippen LogP contribution in [-0.2, 0) is 13.0 Å². The highest BCUT2D eigenvalue weighted by Gasteiger charge is 2.16. The van der Waals surface area contributed by atoms with Crippen LogP contribution in [0.1, 0.15) is 24.5 Å². The van der Waals surface area contributed by atoms with Crippen molar-refractivity contribution >= 4 is 10.9 Å². The number of benzene rings is 2. The number of nitrogens with zero attached hydrogens (tertiary/aromatic N) is 1. The van der Waals surface area contributed by atoms with Crippen LogP contribution in [0.3, 0.4) is 0 Å². The Morgan fingerprint density at radius 3 is 2.62 bits per heavy atom. The van der Waals surface area contributed by atoms with Crippen molar-refractivity contribution in [3.63, 3.8) is 0 Å². The van der Waals surface area contributed by atoms with E-state index in [0.717, 1.165) is 25.9 Å². The van der Waals surface area contributed by atoms with Gasteiger partial charge in [-0.1, -0.05) is 54.6 Å². The second-order valence-electron chi connectivity index (χ2n) is 6.45. The summed E-state index contributed by atoms with van der Waals surface area (Å²) in [6.07, 6.45) is 6.24. The Balaban J connectivity index is 1.75. The molecule has 0 radical (unpaired) electrons. The number of hydrogen-bond acceptors (Lipinski definition) is 1. The summed E-state index contributed by atoms with van der Waals surface area (Å²) < 4.78 is 0. The molecule has 0 aliphatic carbocycles. The van der Waals surface area contributed by atoms with Gasteiger partial charge in [0, 0.05) is 36.2 Å². The monoisotopic (exact) mass is 318 g/mol. The topological polar surface area (TPSA) is 19.0 Å². The molecule has 1 atom stereocenters. The summed E-state index contributed by atoms with van der Waals surface area (Å²) in [4.78, 5) is 5.94. The molecule has 0 saturated carbocycles. The van der Waals surface area contributed by atoms with E-state index in [1.54, 1.807) is 0 Å². The number of rotatable bonds is 8. The first-order valence-corrected chi connectivity index (χ1v) is 8.72. The molecule has 1 heterocycles. The highest BCUT2D eigenvalue weighted by Crippen LogP contribution is 2.21. The number of nitrogens with one attached hydrogen (secondary N) is 1. The summed E-state index contributed by atoms with van der Waals surface area (Å²) in [5, 5.41) is 1.34. The van der Waals surface area contributed by atoms with Crippen LogP contribution in [0.25, 0.3) is 10.9 Å². The van der Waals surface area contributed by atoms with Gasteiger partial charge in [0.2, 0.25) is 0 Å². The molecule has 2 nitrogen and oxygen atoms in total. The van der Waals surface area contributed by atoms with Gasteiger partial charge in [-0.2, -0.15) is 0 Å². The lowest BCUT2D eigenvalue weighted by Crippen LogP contribution is -2.34. The summed E-state index contributed by atoms with van der Waals surface area (Å²) in [5.41, 5.74) is 3.99. The Morgan fingerprint density at radius 1 is 1.08 bits per heavy atom. The zero-order valence-corrected chi connectivity index (χ0v) is 14.4. The van der Waals surface area contributed by atoms with Crippen LogP contribution in [0.4, 0.5) is 0 Å². The Labute approximate surface area is 144 Å². The van der Waals surface area contributed by atoms with Crippen molar-refractivity contribution in [1.82, 2.24) is 9.88 Å². The molecule has 0 bridgehead atoms. The van der Waals surface area contributed by atoms with Gasteiger partial charge in [-0.25, -0.2) is 0 Å². The molecular formula is C22H26N2. The van der Waals surface area contributed by atoms with Crippen molar-refractivity contribution < 1.29 is 0 Å². The van der Waals surface area contributed by atoms with E-state index < -0.39 is 0 Å². The number of para-hydroxylation sites is 1. The molecule has 2 aromatic carbocycles. The third-order valence-electron chi connectivity index (χ3n) is 4.66. The van der Waals surface area contributed by atoms with Crippen LogP contribution < -0.4 is 0 Å². The van der Waals surface area contributed by atoms with Gasteiger partial charge in [0.1, 0.15) is 0 Å². The minimum Gasteiger partial charge on any atom is -0.361 e. The van der Waals surface area contributed by atoms with Gasteiger partial charge in [-0.05, 0) is 37.0 Å². The number of H-pyrrole nitrogens is 1. The van der Waals surface area contributed by atoms with Crippen molar-refractivity contribution in [3.05, 3.63) is 84.6 Å². The predicted molar refractivity (Wildman–Crippen MR) is 103 cm³/mol. The summed E-state index contributed by atoms with van der Waals surface area (Å²) in [6.45, 7) is 8.24. The van der Waals surface area contributed by atoms with Gasteiger partial charge < -0.3 is 4.98 Å². The molecule has 0 unspecified atom stereocenters. The van der Waals surface area contributed by atoms with Crippen LogP contribution in [-0.4, -0.2) is 22.5 Å². The van der Waals surface area contributed by atoms with E-state index in [1.807, 2.05) is 6.08 Å². The number of aromatic amines is 1. The Morgan fingerprint density at radius 2 is 1.83 bits per heavy atom. The van der Waals surface area contributed by atoms with Crippen LogP contribution in [0.5, 0.6) is 0 Å². The standard InChI is InChI=1S/C22H26N2/c1-3-4-14-24(17-19-10-6-5-7-11-19)18(2)15-20-16-23-22-13-9-8-12-21(20)22/h3,5-13,16,18,23H,1,4,14-15,17H2,2H3/t18-/m1/s1. The average Bonchev–Trinajstić information content (AvgIpc) is 3.02. The Kier molecular flexibility index (Phi) is 5.50. The van der Waals surface area contributed by atoms with Gasteiger partial charge in [0.25, 0.3) is 0 Å². The van der Waals surface area contributed by atoms with E-state index in [-0.39, 0.29) is 0 Å². The first kappa shape index (κ1) is 16.5.